The van der Waals surface area contributed by atoms with Crippen LogP contribution in [0.25, 0.3) is 0 Å². The molecule has 1 saturated carbocycles. The van der Waals surface area contributed by atoms with Gasteiger partial charge in [0.05, 0.1) is 5.60 Å². The molecule has 0 radical (unpaired) electrons. The molecule has 0 heterocycles. The van der Waals surface area contributed by atoms with Crippen LogP contribution in [0.3, 0.4) is 0 Å². The van der Waals surface area contributed by atoms with Crippen molar-refractivity contribution in [3.8, 4) is 0 Å². The van der Waals surface area contributed by atoms with Crippen molar-refractivity contribution < 1.29 is 5.11 Å². The molecule has 2 unspecified atom stereocenters. The maximum absolute atomic E-state index is 11.3. The number of hydrogen-bond donors (Lipinski definition) is 1. The van der Waals surface area contributed by atoms with Crippen molar-refractivity contribution in [1.29, 1.82) is 0 Å². The van der Waals surface area contributed by atoms with E-state index in [0.29, 0.717) is 10.8 Å². The lowest BCUT2D eigenvalue weighted by Crippen LogP contribution is -2.52. The maximum atomic E-state index is 11.3. The first-order chi connectivity index (χ1) is 8.53. The van der Waals surface area contributed by atoms with Gasteiger partial charge in [-0.2, -0.15) is 0 Å². The van der Waals surface area contributed by atoms with E-state index in [9.17, 15) is 5.11 Å². The third-order valence-electron chi connectivity index (χ3n) is 5.77. The zero-order valence-corrected chi connectivity index (χ0v) is 13.4. The maximum Gasteiger partial charge on any atom is 0.0869 e. The SMILES string of the molecule is CC1(C)CCC2=C(C1)CC1(C)CC(C)(C)CC2(O)C1. The Morgan fingerprint density at radius 1 is 0.842 bits per heavy atom. The van der Waals surface area contributed by atoms with Crippen molar-refractivity contribution in [1.82, 2.24) is 0 Å². The van der Waals surface area contributed by atoms with Gasteiger partial charge in [0.25, 0.3) is 0 Å². The minimum Gasteiger partial charge on any atom is -0.385 e. The number of rotatable bonds is 0. The standard InChI is InChI=1S/C18H30O/c1-15(2)7-6-14-13(8-15)9-17(5)10-16(3,4)11-18(14,19)12-17/h19H,6-12H2,1-5H3. The molecule has 0 aromatic heterocycles. The van der Waals surface area contributed by atoms with Crippen LogP contribution >= 0.6 is 0 Å². The molecule has 1 heteroatoms. The number of hydrogen-bond acceptors (Lipinski definition) is 1. The lowest BCUT2D eigenvalue weighted by atomic mass is 9.50. The van der Waals surface area contributed by atoms with Gasteiger partial charge < -0.3 is 5.11 Å². The molecule has 1 fully saturated rings. The van der Waals surface area contributed by atoms with Crippen LogP contribution < -0.4 is 0 Å². The molecule has 1 N–H and O–H groups in total. The molecule has 0 aromatic carbocycles. The van der Waals surface area contributed by atoms with Crippen molar-refractivity contribution in [3.05, 3.63) is 11.1 Å². The van der Waals surface area contributed by atoms with E-state index in [1.165, 1.54) is 31.3 Å². The summed E-state index contributed by atoms with van der Waals surface area (Å²) in [4.78, 5) is 0. The van der Waals surface area contributed by atoms with Gasteiger partial charge in [-0.05, 0) is 66.8 Å². The quantitative estimate of drug-likeness (QED) is 0.619. The van der Waals surface area contributed by atoms with Crippen LogP contribution in [0, 0.1) is 16.2 Å². The third kappa shape index (κ3) is 2.28. The molecule has 19 heavy (non-hydrogen) atoms. The van der Waals surface area contributed by atoms with Gasteiger partial charge in [-0.3, -0.25) is 0 Å². The van der Waals surface area contributed by atoms with E-state index in [1.54, 1.807) is 5.57 Å². The molecular formula is C18H30O. The second-order valence-electron chi connectivity index (χ2n) is 9.64. The number of fused-ring (bicyclic) bond motifs is 3. The summed E-state index contributed by atoms with van der Waals surface area (Å²) in [7, 11) is 0. The summed E-state index contributed by atoms with van der Waals surface area (Å²) in [5, 5.41) is 11.3. The highest BCUT2D eigenvalue weighted by molar-refractivity contribution is 5.34. The minimum atomic E-state index is -0.486. The van der Waals surface area contributed by atoms with Gasteiger partial charge >= 0.3 is 0 Å². The van der Waals surface area contributed by atoms with E-state index >= 15 is 0 Å². The second kappa shape index (κ2) is 3.67. The highest BCUT2D eigenvalue weighted by Gasteiger charge is 2.54. The summed E-state index contributed by atoms with van der Waals surface area (Å²) in [5.74, 6) is 0. The monoisotopic (exact) mass is 262 g/mol. The number of aliphatic hydroxyl groups is 1. The minimum absolute atomic E-state index is 0.285. The molecule has 2 atom stereocenters. The molecule has 108 valence electrons. The Labute approximate surface area is 118 Å². The Morgan fingerprint density at radius 2 is 1.53 bits per heavy atom. The molecule has 0 aliphatic heterocycles. The Balaban J connectivity index is 2.04. The van der Waals surface area contributed by atoms with Gasteiger partial charge in [0.2, 0.25) is 0 Å². The smallest absolute Gasteiger partial charge is 0.0869 e. The fourth-order valence-electron chi connectivity index (χ4n) is 5.84. The summed E-state index contributed by atoms with van der Waals surface area (Å²) in [6, 6.07) is 0. The predicted molar refractivity (Wildman–Crippen MR) is 80.0 cm³/mol. The third-order valence-corrected chi connectivity index (χ3v) is 5.77. The van der Waals surface area contributed by atoms with Gasteiger partial charge in [-0.1, -0.05) is 40.2 Å². The summed E-state index contributed by atoms with van der Waals surface area (Å²) in [5.41, 5.74) is 3.61. The Bertz CT molecular complexity index is 443. The lowest BCUT2D eigenvalue weighted by molar-refractivity contribution is -0.0831. The molecule has 0 amide bonds. The molecular weight excluding hydrogens is 232 g/mol. The fraction of sp³-hybridized carbons (Fsp3) is 0.889. The molecule has 0 spiro atoms. The van der Waals surface area contributed by atoms with Crippen LogP contribution in [-0.4, -0.2) is 10.7 Å². The molecule has 2 bridgehead atoms. The number of allylic oxidation sites excluding steroid dienone is 1. The molecule has 3 aliphatic rings. The van der Waals surface area contributed by atoms with E-state index in [-0.39, 0.29) is 5.41 Å². The highest BCUT2D eigenvalue weighted by atomic mass is 16.3. The van der Waals surface area contributed by atoms with E-state index in [1.807, 2.05) is 0 Å². The summed E-state index contributed by atoms with van der Waals surface area (Å²) < 4.78 is 0. The van der Waals surface area contributed by atoms with E-state index in [2.05, 4.69) is 34.6 Å². The first-order valence-corrected chi connectivity index (χ1v) is 7.97. The Morgan fingerprint density at radius 3 is 2.21 bits per heavy atom. The van der Waals surface area contributed by atoms with Crippen molar-refractivity contribution >= 4 is 0 Å². The van der Waals surface area contributed by atoms with Gasteiger partial charge in [0.1, 0.15) is 0 Å². The zero-order valence-electron chi connectivity index (χ0n) is 13.4. The van der Waals surface area contributed by atoms with Crippen LogP contribution in [0.5, 0.6) is 0 Å². The van der Waals surface area contributed by atoms with Crippen LogP contribution in [0.15, 0.2) is 11.1 Å². The van der Waals surface area contributed by atoms with Crippen LogP contribution in [-0.2, 0) is 0 Å². The lowest BCUT2D eigenvalue weighted by Gasteiger charge is -2.57. The van der Waals surface area contributed by atoms with Gasteiger partial charge in [-0.25, -0.2) is 0 Å². The molecule has 0 aromatic rings. The average molecular weight is 262 g/mol. The van der Waals surface area contributed by atoms with Crippen molar-refractivity contribution in [3.63, 3.8) is 0 Å². The van der Waals surface area contributed by atoms with E-state index in [0.717, 1.165) is 19.3 Å². The Kier molecular flexibility index (Phi) is 2.64. The first kappa shape index (κ1) is 13.7. The summed E-state index contributed by atoms with van der Waals surface area (Å²) in [6.45, 7) is 11.9. The zero-order chi connectivity index (χ0) is 14.1. The largest absolute Gasteiger partial charge is 0.385 e. The van der Waals surface area contributed by atoms with Crippen LogP contribution in [0.2, 0.25) is 0 Å². The highest BCUT2D eigenvalue weighted by Crippen LogP contribution is 2.62. The van der Waals surface area contributed by atoms with Crippen molar-refractivity contribution in [2.24, 2.45) is 16.2 Å². The summed E-state index contributed by atoms with van der Waals surface area (Å²) in [6.07, 6.45) is 8.05. The fourth-order valence-corrected chi connectivity index (χ4v) is 5.84. The normalized spacial score (nSPS) is 43.9. The van der Waals surface area contributed by atoms with Crippen LogP contribution in [0.4, 0.5) is 0 Å². The van der Waals surface area contributed by atoms with Crippen molar-refractivity contribution in [2.75, 3.05) is 0 Å². The summed E-state index contributed by atoms with van der Waals surface area (Å²) >= 11 is 0. The molecule has 3 rings (SSSR count). The van der Waals surface area contributed by atoms with Gasteiger partial charge in [-0.15, -0.1) is 0 Å². The predicted octanol–water partition coefficient (Wildman–Crippen LogP) is 4.84. The average Bonchev–Trinajstić information content (AvgIpc) is 2.08. The topological polar surface area (TPSA) is 20.2 Å². The first-order valence-electron chi connectivity index (χ1n) is 7.97. The van der Waals surface area contributed by atoms with Crippen LogP contribution in [0.1, 0.15) is 79.6 Å². The molecule has 3 aliphatic carbocycles. The van der Waals surface area contributed by atoms with Gasteiger partial charge in [0, 0.05) is 0 Å². The second-order valence-corrected chi connectivity index (χ2v) is 9.64. The molecule has 1 nitrogen and oxygen atoms in total. The van der Waals surface area contributed by atoms with Gasteiger partial charge in [0.15, 0.2) is 0 Å². The molecule has 0 saturated heterocycles. The van der Waals surface area contributed by atoms with E-state index < -0.39 is 5.60 Å². The Hall–Kier alpha value is -0.300. The van der Waals surface area contributed by atoms with E-state index in [4.69, 9.17) is 0 Å². The van der Waals surface area contributed by atoms with Crippen molar-refractivity contribution in [2.45, 2.75) is 85.2 Å².